The molecule has 3 saturated heterocycles. The van der Waals surface area contributed by atoms with Crippen molar-refractivity contribution >= 4 is 11.8 Å². The lowest BCUT2D eigenvalue weighted by molar-refractivity contribution is -0.136. The van der Waals surface area contributed by atoms with Crippen molar-refractivity contribution in [3.05, 3.63) is 29.8 Å². The molecule has 0 unspecified atom stereocenters. The minimum atomic E-state index is 0.0198. The highest BCUT2D eigenvalue weighted by molar-refractivity contribution is 5.97. The molecule has 0 aromatic heterocycles. The molecule has 152 valence electrons. The van der Waals surface area contributed by atoms with Crippen molar-refractivity contribution in [2.45, 2.75) is 57.1 Å². The van der Waals surface area contributed by atoms with E-state index >= 15 is 0 Å². The zero-order valence-corrected chi connectivity index (χ0v) is 16.5. The molecule has 1 aromatic carbocycles. The van der Waals surface area contributed by atoms with Crippen LogP contribution in [0.15, 0.2) is 24.3 Å². The zero-order valence-electron chi connectivity index (χ0n) is 16.5. The van der Waals surface area contributed by atoms with Gasteiger partial charge in [0.05, 0.1) is 11.7 Å². The molecule has 3 heterocycles. The Labute approximate surface area is 166 Å². The maximum absolute atomic E-state index is 13.1. The number of hydrogen-bond donors (Lipinski definition) is 0. The number of carbonyl (C=O) groups excluding carboxylic acids is 2. The maximum atomic E-state index is 13.1. The van der Waals surface area contributed by atoms with Crippen LogP contribution < -0.4 is 4.74 Å². The van der Waals surface area contributed by atoms with Crippen LogP contribution in [0, 0.1) is 0 Å². The van der Waals surface area contributed by atoms with E-state index in [4.69, 9.17) is 9.47 Å². The van der Waals surface area contributed by atoms with Gasteiger partial charge in [-0.25, -0.2) is 0 Å². The van der Waals surface area contributed by atoms with E-state index in [1.165, 1.54) is 0 Å². The largest absolute Gasteiger partial charge is 0.490 e. The second-order valence-electron chi connectivity index (χ2n) is 8.01. The number of ether oxygens (including phenoxy) is 2. The van der Waals surface area contributed by atoms with Gasteiger partial charge in [0, 0.05) is 38.7 Å². The summed E-state index contributed by atoms with van der Waals surface area (Å²) < 4.78 is 11.6. The van der Waals surface area contributed by atoms with Crippen LogP contribution in [0.5, 0.6) is 5.75 Å². The summed E-state index contributed by atoms with van der Waals surface area (Å²) in [6.45, 7) is 3.53. The topological polar surface area (TPSA) is 59.1 Å². The summed E-state index contributed by atoms with van der Waals surface area (Å²) in [5.74, 6) is 0.937. The van der Waals surface area contributed by atoms with E-state index in [-0.39, 0.29) is 24.0 Å². The van der Waals surface area contributed by atoms with Gasteiger partial charge in [0.25, 0.3) is 5.91 Å². The van der Waals surface area contributed by atoms with Gasteiger partial charge in [-0.15, -0.1) is 0 Å². The van der Waals surface area contributed by atoms with Crippen molar-refractivity contribution in [1.82, 2.24) is 9.80 Å². The van der Waals surface area contributed by atoms with Crippen molar-refractivity contribution in [1.29, 1.82) is 0 Å². The molecule has 0 N–H and O–H groups in total. The number of piperidine rings is 2. The van der Waals surface area contributed by atoms with Crippen molar-refractivity contribution in [2.75, 3.05) is 32.8 Å². The van der Waals surface area contributed by atoms with E-state index in [0.717, 1.165) is 51.7 Å². The Morgan fingerprint density at radius 1 is 1.07 bits per heavy atom. The summed E-state index contributed by atoms with van der Waals surface area (Å²) >= 11 is 0. The molecule has 3 aliphatic rings. The van der Waals surface area contributed by atoms with Crippen LogP contribution in [0.3, 0.4) is 0 Å². The van der Waals surface area contributed by atoms with Crippen LogP contribution in [0.25, 0.3) is 0 Å². The first-order chi connectivity index (χ1) is 13.7. The van der Waals surface area contributed by atoms with Crippen LogP contribution in [-0.4, -0.2) is 66.6 Å². The van der Waals surface area contributed by atoms with Gasteiger partial charge in [-0.1, -0.05) is 12.1 Å². The molecule has 1 aromatic rings. The first kappa shape index (κ1) is 19.2. The number of benzene rings is 1. The second kappa shape index (κ2) is 8.95. The molecule has 6 heteroatoms. The minimum Gasteiger partial charge on any atom is -0.490 e. The Balaban J connectivity index is 1.35. The normalized spacial score (nSPS) is 23.9. The number of rotatable bonds is 5. The van der Waals surface area contributed by atoms with Gasteiger partial charge in [0.2, 0.25) is 5.91 Å². The van der Waals surface area contributed by atoms with Crippen LogP contribution in [0.2, 0.25) is 0 Å². The Hall–Kier alpha value is -2.08. The quantitative estimate of drug-likeness (QED) is 0.781. The molecule has 0 radical (unpaired) electrons. The molecule has 3 aliphatic heterocycles. The molecule has 0 aliphatic carbocycles. The number of likely N-dealkylation sites (tertiary alicyclic amines) is 2. The molecule has 1 atom stereocenters. The number of para-hydroxylation sites is 1. The Morgan fingerprint density at radius 3 is 2.64 bits per heavy atom. The molecule has 0 saturated carbocycles. The fraction of sp³-hybridized carbons (Fsp3) is 0.636. The molecule has 0 spiro atoms. The molecule has 6 nitrogen and oxygen atoms in total. The lowest BCUT2D eigenvalue weighted by atomic mass is 9.99. The van der Waals surface area contributed by atoms with Gasteiger partial charge < -0.3 is 19.3 Å². The standard InChI is InChI=1S/C22H30N2O4/c25-21-9-3-4-12-24(21)17-10-13-23(14-11-17)22(26)19-7-1-2-8-20(19)28-16-18-6-5-15-27-18/h1-2,7-8,17-18H,3-6,9-16H2/t18-/m0/s1. The number of carbonyl (C=O) groups is 2. The number of nitrogens with zero attached hydrogens (tertiary/aromatic N) is 2. The molecule has 3 fully saturated rings. The summed E-state index contributed by atoms with van der Waals surface area (Å²) in [5, 5.41) is 0. The van der Waals surface area contributed by atoms with Crippen molar-refractivity contribution in [3.8, 4) is 5.75 Å². The average molecular weight is 386 g/mol. The summed E-state index contributed by atoms with van der Waals surface area (Å²) in [5.41, 5.74) is 0.619. The van der Waals surface area contributed by atoms with Crippen LogP contribution in [0.1, 0.15) is 55.3 Å². The van der Waals surface area contributed by atoms with Gasteiger partial charge >= 0.3 is 0 Å². The predicted molar refractivity (Wildman–Crippen MR) is 105 cm³/mol. The van der Waals surface area contributed by atoms with Gasteiger partial charge in [-0.2, -0.15) is 0 Å². The smallest absolute Gasteiger partial charge is 0.257 e. The summed E-state index contributed by atoms with van der Waals surface area (Å²) in [6, 6.07) is 7.76. The van der Waals surface area contributed by atoms with Crippen molar-refractivity contribution < 1.29 is 19.1 Å². The van der Waals surface area contributed by atoms with Gasteiger partial charge in [-0.05, 0) is 50.7 Å². The molecule has 4 rings (SSSR count). The fourth-order valence-electron chi connectivity index (χ4n) is 4.49. The number of hydrogen-bond acceptors (Lipinski definition) is 4. The third-order valence-electron chi connectivity index (χ3n) is 6.12. The SMILES string of the molecule is O=C(c1ccccc1OC[C@@H]1CCCO1)N1CCC(N2CCCCC2=O)CC1. The predicted octanol–water partition coefficient (Wildman–Crippen LogP) is 2.86. The van der Waals surface area contributed by atoms with Crippen molar-refractivity contribution in [2.24, 2.45) is 0 Å². The zero-order chi connectivity index (χ0) is 19.3. The highest BCUT2D eigenvalue weighted by Gasteiger charge is 2.31. The van der Waals surface area contributed by atoms with Gasteiger partial charge in [0.15, 0.2) is 0 Å². The van der Waals surface area contributed by atoms with E-state index in [1.807, 2.05) is 34.1 Å². The maximum Gasteiger partial charge on any atom is 0.257 e. The molecule has 28 heavy (non-hydrogen) atoms. The van der Waals surface area contributed by atoms with Gasteiger partial charge in [0.1, 0.15) is 12.4 Å². The molecular formula is C22H30N2O4. The molecular weight excluding hydrogens is 356 g/mol. The average Bonchev–Trinajstić information content (AvgIpc) is 3.26. The minimum absolute atomic E-state index is 0.0198. The highest BCUT2D eigenvalue weighted by Crippen LogP contribution is 2.26. The molecule has 0 bridgehead atoms. The third-order valence-corrected chi connectivity index (χ3v) is 6.12. The Bertz CT molecular complexity index is 694. The third kappa shape index (κ3) is 4.32. The summed E-state index contributed by atoms with van der Waals surface area (Å²) in [7, 11) is 0. The summed E-state index contributed by atoms with van der Waals surface area (Å²) in [6.07, 6.45) is 6.71. The van der Waals surface area contributed by atoms with Gasteiger partial charge in [-0.3, -0.25) is 9.59 Å². The summed E-state index contributed by atoms with van der Waals surface area (Å²) in [4.78, 5) is 29.2. The van der Waals surface area contributed by atoms with E-state index in [9.17, 15) is 9.59 Å². The van der Waals surface area contributed by atoms with E-state index in [1.54, 1.807) is 0 Å². The lowest BCUT2D eigenvalue weighted by Crippen LogP contribution is -2.50. The van der Waals surface area contributed by atoms with E-state index < -0.39 is 0 Å². The Morgan fingerprint density at radius 2 is 1.89 bits per heavy atom. The monoisotopic (exact) mass is 386 g/mol. The van der Waals surface area contributed by atoms with Crippen LogP contribution in [0.4, 0.5) is 0 Å². The lowest BCUT2D eigenvalue weighted by Gasteiger charge is -2.40. The molecule has 2 amide bonds. The second-order valence-corrected chi connectivity index (χ2v) is 8.01. The van der Waals surface area contributed by atoms with Crippen molar-refractivity contribution in [3.63, 3.8) is 0 Å². The van der Waals surface area contributed by atoms with Crippen LogP contribution >= 0.6 is 0 Å². The van der Waals surface area contributed by atoms with E-state index in [0.29, 0.717) is 37.4 Å². The van der Waals surface area contributed by atoms with E-state index in [2.05, 4.69) is 0 Å². The van der Waals surface area contributed by atoms with Crippen LogP contribution in [-0.2, 0) is 9.53 Å². The first-order valence-corrected chi connectivity index (χ1v) is 10.6. The first-order valence-electron chi connectivity index (χ1n) is 10.6. The number of amides is 2. The fourth-order valence-corrected chi connectivity index (χ4v) is 4.49. The Kier molecular flexibility index (Phi) is 6.15. The highest BCUT2D eigenvalue weighted by atomic mass is 16.5.